The second-order valence-electron chi connectivity index (χ2n) is 16.6. The van der Waals surface area contributed by atoms with Crippen LogP contribution in [0.2, 0.25) is 0 Å². The van der Waals surface area contributed by atoms with Gasteiger partial charge in [0.1, 0.15) is 0 Å². The van der Waals surface area contributed by atoms with E-state index in [0.717, 1.165) is 17.1 Å². The number of benzene rings is 10. The first-order valence-electron chi connectivity index (χ1n) is 21.7. The van der Waals surface area contributed by atoms with Crippen molar-refractivity contribution in [2.75, 3.05) is 0 Å². The lowest BCUT2D eigenvalue weighted by Crippen LogP contribution is -1.95. The molecule has 3 heteroatoms. The van der Waals surface area contributed by atoms with E-state index in [1.807, 2.05) is 0 Å². The highest BCUT2D eigenvalue weighted by atomic mass is 15.0. The Morgan fingerprint density at radius 1 is 0.175 bits per heavy atom. The van der Waals surface area contributed by atoms with Gasteiger partial charge in [-0.1, -0.05) is 140 Å². The van der Waals surface area contributed by atoms with Crippen LogP contribution in [-0.4, -0.2) is 13.7 Å². The number of fused-ring (bicyclic) bond motifs is 9. The minimum absolute atomic E-state index is 1.14. The fourth-order valence-electron chi connectivity index (χ4n) is 10.1. The maximum absolute atomic E-state index is 2.46. The molecule has 10 aromatic carbocycles. The summed E-state index contributed by atoms with van der Waals surface area (Å²) in [4.78, 5) is 0. The predicted molar refractivity (Wildman–Crippen MR) is 266 cm³/mol. The number of para-hydroxylation sites is 3. The van der Waals surface area contributed by atoms with Crippen LogP contribution in [-0.2, 0) is 0 Å². The summed E-state index contributed by atoms with van der Waals surface area (Å²) in [5.74, 6) is 0. The first kappa shape index (κ1) is 35.4. The number of nitrogens with zero attached hydrogens (tertiary/aromatic N) is 3. The molecule has 294 valence electrons. The van der Waals surface area contributed by atoms with Gasteiger partial charge in [-0.2, -0.15) is 0 Å². The molecule has 0 saturated carbocycles. The SMILES string of the molecule is c1ccc(-c2ccc3c(c2)c2cc(-c4ccc5c(c4)c4cc(-c6ccccc6)ccc4n5-c4ccc5c(c4)c4ccccc4n5-c4ccccc4)ccc2n3-c2ccccc2)cc1. The molecule has 0 radical (unpaired) electrons. The summed E-state index contributed by atoms with van der Waals surface area (Å²) in [6.07, 6.45) is 0. The van der Waals surface area contributed by atoms with Crippen LogP contribution >= 0.6 is 0 Å². The molecule has 0 bridgehead atoms. The average molecular weight is 802 g/mol. The quantitative estimate of drug-likeness (QED) is 0.159. The molecule has 13 aromatic rings. The summed E-state index contributed by atoms with van der Waals surface area (Å²) >= 11 is 0. The zero-order chi connectivity index (χ0) is 41.4. The van der Waals surface area contributed by atoms with Crippen molar-refractivity contribution in [3.05, 3.63) is 237 Å². The second-order valence-corrected chi connectivity index (χ2v) is 16.6. The highest BCUT2D eigenvalue weighted by Gasteiger charge is 2.19. The monoisotopic (exact) mass is 801 g/mol. The molecule has 63 heavy (non-hydrogen) atoms. The van der Waals surface area contributed by atoms with Gasteiger partial charge < -0.3 is 13.7 Å². The molecule has 0 aliphatic rings. The van der Waals surface area contributed by atoms with Gasteiger partial charge in [-0.15, -0.1) is 0 Å². The zero-order valence-electron chi connectivity index (χ0n) is 34.4. The Balaban J connectivity index is 1.03. The van der Waals surface area contributed by atoms with E-state index in [1.165, 1.54) is 98.8 Å². The fraction of sp³-hybridized carbons (Fsp3) is 0. The van der Waals surface area contributed by atoms with Crippen LogP contribution in [0, 0.1) is 0 Å². The lowest BCUT2D eigenvalue weighted by molar-refractivity contribution is 1.17. The lowest BCUT2D eigenvalue weighted by Gasteiger charge is -2.11. The van der Waals surface area contributed by atoms with Crippen LogP contribution in [0.5, 0.6) is 0 Å². The highest BCUT2D eigenvalue weighted by molar-refractivity contribution is 6.15. The first-order chi connectivity index (χ1) is 31.2. The molecular formula is C60H39N3. The summed E-state index contributed by atoms with van der Waals surface area (Å²) in [6, 6.07) is 86.5. The van der Waals surface area contributed by atoms with Gasteiger partial charge in [0, 0.05) is 49.4 Å². The number of hydrogen-bond donors (Lipinski definition) is 0. The van der Waals surface area contributed by atoms with Crippen molar-refractivity contribution in [2.45, 2.75) is 0 Å². The number of hydrogen-bond acceptors (Lipinski definition) is 0. The molecule has 0 spiro atoms. The molecular weight excluding hydrogens is 763 g/mol. The summed E-state index contributed by atoms with van der Waals surface area (Å²) in [7, 11) is 0. The molecule has 0 unspecified atom stereocenters. The minimum atomic E-state index is 1.14. The fourth-order valence-corrected chi connectivity index (χ4v) is 10.1. The Bertz CT molecular complexity index is 3870. The van der Waals surface area contributed by atoms with Gasteiger partial charge in [0.15, 0.2) is 0 Å². The van der Waals surface area contributed by atoms with Gasteiger partial charge in [-0.05, 0) is 130 Å². The van der Waals surface area contributed by atoms with Crippen LogP contribution in [0.15, 0.2) is 237 Å². The van der Waals surface area contributed by atoms with E-state index in [0.29, 0.717) is 0 Å². The van der Waals surface area contributed by atoms with Crippen molar-refractivity contribution in [1.29, 1.82) is 0 Å². The van der Waals surface area contributed by atoms with Gasteiger partial charge in [0.05, 0.1) is 33.1 Å². The van der Waals surface area contributed by atoms with Crippen molar-refractivity contribution < 1.29 is 0 Å². The van der Waals surface area contributed by atoms with E-state index < -0.39 is 0 Å². The van der Waals surface area contributed by atoms with Crippen LogP contribution in [0.3, 0.4) is 0 Å². The van der Waals surface area contributed by atoms with E-state index in [1.54, 1.807) is 0 Å². The lowest BCUT2D eigenvalue weighted by atomic mass is 9.98. The zero-order valence-corrected chi connectivity index (χ0v) is 34.4. The first-order valence-corrected chi connectivity index (χ1v) is 21.7. The van der Waals surface area contributed by atoms with Crippen molar-refractivity contribution in [1.82, 2.24) is 13.7 Å². The van der Waals surface area contributed by atoms with Crippen molar-refractivity contribution in [3.8, 4) is 50.4 Å². The Morgan fingerprint density at radius 3 is 0.905 bits per heavy atom. The third-order valence-corrected chi connectivity index (χ3v) is 13.0. The largest absolute Gasteiger partial charge is 0.309 e. The molecule has 0 N–H and O–H groups in total. The number of rotatable bonds is 6. The van der Waals surface area contributed by atoms with Crippen molar-refractivity contribution in [2.24, 2.45) is 0 Å². The maximum atomic E-state index is 2.46. The van der Waals surface area contributed by atoms with Gasteiger partial charge in [-0.25, -0.2) is 0 Å². The smallest absolute Gasteiger partial charge is 0.0542 e. The standard InChI is InChI=1S/C60H39N3/c1-5-15-40(16-6-1)42-25-30-56-50(35-42)52-37-44(27-32-57(52)62(56)47-21-11-4-12-22-47)45-28-33-59-53(38-45)51-36-43(41-17-7-2-8-18-41)26-31-58(51)63(59)48-29-34-60-54(39-48)49-23-13-14-24-55(49)61(60)46-19-9-3-10-20-46/h1-39H. The van der Waals surface area contributed by atoms with Gasteiger partial charge in [0.25, 0.3) is 0 Å². The van der Waals surface area contributed by atoms with Gasteiger partial charge >= 0.3 is 0 Å². The van der Waals surface area contributed by atoms with Crippen LogP contribution < -0.4 is 0 Å². The van der Waals surface area contributed by atoms with E-state index in [-0.39, 0.29) is 0 Å². The molecule has 13 rings (SSSR count). The Labute approximate surface area is 364 Å². The highest BCUT2D eigenvalue weighted by Crippen LogP contribution is 2.42. The minimum Gasteiger partial charge on any atom is -0.309 e. The summed E-state index contributed by atoms with van der Waals surface area (Å²) in [6.45, 7) is 0. The summed E-state index contributed by atoms with van der Waals surface area (Å²) in [5, 5.41) is 7.41. The van der Waals surface area contributed by atoms with Crippen LogP contribution in [0.1, 0.15) is 0 Å². The summed E-state index contributed by atoms with van der Waals surface area (Å²) in [5.41, 5.74) is 17.8. The normalized spacial score (nSPS) is 11.8. The Morgan fingerprint density at radius 2 is 0.476 bits per heavy atom. The van der Waals surface area contributed by atoms with Crippen molar-refractivity contribution in [3.63, 3.8) is 0 Å². The average Bonchev–Trinajstić information content (AvgIpc) is 3.99. The summed E-state index contributed by atoms with van der Waals surface area (Å²) < 4.78 is 7.24. The topological polar surface area (TPSA) is 14.8 Å². The van der Waals surface area contributed by atoms with Crippen LogP contribution in [0.4, 0.5) is 0 Å². The third kappa shape index (κ3) is 5.60. The molecule has 0 aliphatic carbocycles. The Kier molecular flexibility index (Phi) is 7.91. The van der Waals surface area contributed by atoms with E-state index in [2.05, 4.69) is 250 Å². The number of aromatic nitrogens is 3. The van der Waals surface area contributed by atoms with Crippen LogP contribution in [0.25, 0.3) is 116 Å². The molecule has 3 heterocycles. The molecule has 0 atom stereocenters. The van der Waals surface area contributed by atoms with E-state index in [9.17, 15) is 0 Å². The van der Waals surface area contributed by atoms with Gasteiger partial charge in [0.2, 0.25) is 0 Å². The second kappa shape index (κ2) is 14.1. The van der Waals surface area contributed by atoms with Crippen molar-refractivity contribution >= 4 is 65.4 Å². The molecule has 0 fully saturated rings. The van der Waals surface area contributed by atoms with E-state index in [4.69, 9.17) is 0 Å². The predicted octanol–water partition coefficient (Wildman–Crippen LogP) is 16.0. The maximum Gasteiger partial charge on any atom is 0.0542 e. The molecule has 0 amide bonds. The molecule has 3 nitrogen and oxygen atoms in total. The third-order valence-electron chi connectivity index (χ3n) is 13.0. The van der Waals surface area contributed by atoms with Gasteiger partial charge in [-0.3, -0.25) is 0 Å². The molecule has 0 aliphatic heterocycles. The molecule has 3 aromatic heterocycles. The Hall–Kier alpha value is -8.40. The van der Waals surface area contributed by atoms with E-state index >= 15 is 0 Å². The molecule has 0 saturated heterocycles.